The summed E-state index contributed by atoms with van der Waals surface area (Å²) >= 11 is 0. The van der Waals surface area contributed by atoms with E-state index >= 15 is 0 Å². The second-order valence-corrected chi connectivity index (χ2v) is 4.62. The number of anilines is 1. The molecule has 0 aliphatic carbocycles. The highest BCUT2D eigenvalue weighted by atomic mass is 16.5. The molecule has 1 aromatic carbocycles. The molecule has 0 saturated carbocycles. The average Bonchev–Trinajstić information content (AvgIpc) is 2.48. The Morgan fingerprint density at radius 2 is 2.00 bits per heavy atom. The number of nitrogens with one attached hydrogen (secondary N) is 1. The predicted octanol–water partition coefficient (Wildman–Crippen LogP) is 2.57. The van der Waals surface area contributed by atoms with Gasteiger partial charge in [-0.05, 0) is 43.7 Å². The summed E-state index contributed by atoms with van der Waals surface area (Å²) in [5.41, 5.74) is 1.87. The Morgan fingerprint density at radius 1 is 1.19 bits per heavy atom. The Morgan fingerprint density at radius 3 is 2.67 bits per heavy atom. The first-order chi connectivity index (χ1) is 10.1. The van der Waals surface area contributed by atoms with E-state index in [1.165, 1.54) is 19.2 Å². The van der Waals surface area contributed by atoms with Crippen LogP contribution in [0.4, 0.5) is 5.69 Å². The summed E-state index contributed by atoms with van der Waals surface area (Å²) in [4.78, 5) is 27.7. The van der Waals surface area contributed by atoms with Gasteiger partial charge in [-0.3, -0.25) is 4.79 Å². The minimum Gasteiger partial charge on any atom is -0.448 e. The molecule has 0 aliphatic rings. The van der Waals surface area contributed by atoms with Crippen LogP contribution in [0.3, 0.4) is 0 Å². The fourth-order valence-corrected chi connectivity index (χ4v) is 1.72. The van der Waals surface area contributed by atoms with Crippen LogP contribution in [0, 0.1) is 6.92 Å². The van der Waals surface area contributed by atoms with E-state index in [-0.39, 0.29) is 11.6 Å². The molecule has 2 aromatic rings. The quantitative estimate of drug-likeness (QED) is 0.876. The van der Waals surface area contributed by atoms with Gasteiger partial charge >= 0.3 is 5.97 Å². The largest absolute Gasteiger partial charge is 0.448 e. The molecule has 1 N–H and O–H groups in total. The molecule has 0 saturated heterocycles. The fourth-order valence-electron chi connectivity index (χ4n) is 1.72. The van der Waals surface area contributed by atoms with Gasteiger partial charge in [0, 0.05) is 11.9 Å². The Hall–Kier alpha value is -2.69. The third kappa shape index (κ3) is 4.14. The maximum absolute atomic E-state index is 12.0. The molecule has 108 valence electrons. The van der Waals surface area contributed by atoms with Crippen molar-refractivity contribution in [3.05, 3.63) is 59.9 Å². The van der Waals surface area contributed by atoms with Gasteiger partial charge < -0.3 is 10.1 Å². The zero-order valence-corrected chi connectivity index (χ0v) is 11.9. The van der Waals surface area contributed by atoms with Crippen LogP contribution >= 0.6 is 0 Å². The topological polar surface area (TPSA) is 68.3 Å². The smallest absolute Gasteiger partial charge is 0.357 e. The number of hydrogen-bond acceptors (Lipinski definition) is 4. The van der Waals surface area contributed by atoms with Crippen molar-refractivity contribution < 1.29 is 14.3 Å². The molecule has 5 heteroatoms. The monoisotopic (exact) mass is 284 g/mol. The SMILES string of the molecule is Cc1cccc(NC(=O)[C@H](C)OC(=O)c2ccccn2)c1. The van der Waals surface area contributed by atoms with Crippen LogP contribution in [0.1, 0.15) is 23.0 Å². The maximum atomic E-state index is 12.0. The third-order valence-electron chi connectivity index (χ3n) is 2.81. The lowest BCUT2D eigenvalue weighted by Gasteiger charge is -2.13. The fraction of sp³-hybridized carbons (Fsp3) is 0.188. The highest BCUT2D eigenvalue weighted by Crippen LogP contribution is 2.11. The number of ether oxygens (including phenoxy) is 1. The third-order valence-corrected chi connectivity index (χ3v) is 2.81. The number of nitrogens with zero attached hydrogens (tertiary/aromatic N) is 1. The van der Waals surface area contributed by atoms with Gasteiger partial charge in [-0.2, -0.15) is 0 Å². The molecule has 0 fully saturated rings. The molecular formula is C16H16N2O3. The summed E-state index contributed by atoms with van der Waals surface area (Å²) in [5.74, 6) is -1.01. The zero-order chi connectivity index (χ0) is 15.2. The van der Waals surface area contributed by atoms with Crippen LogP contribution in [-0.4, -0.2) is 23.0 Å². The molecular weight excluding hydrogens is 268 g/mol. The van der Waals surface area contributed by atoms with E-state index in [1.807, 2.05) is 25.1 Å². The van der Waals surface area contributed by atoms with E-state index in [1.54, 1.807) is 18.2 Å². The van der Waals surface area contributed by atoms with Crippen molar-refractivity contribution in [2.45, 2.75) is 20.0 Å². The van der Waals surface area contributed by atoms with Crippen molar-refractivity contribution in [1.29, 1.82) is 0 Å². The summed E-state index contributed by atoms with van der Waals surface area (Å²) in [6, 6.07) is 12.3. The lowest BCUT2D eigenvalue weighted by Crippen LogP contribution is -2.30. The minimum atomic E-state index is -0.903. The molecule has 2 rings (SSSR count). The lowest BCUT2D eigenvalue weighted by molar-refractivity contribution is -0.123. The van der Waals surface area contributed by atoms with Crippen molar-refractivity contribution in [2.75, 3.05) is 5.32 Å². The van der Waals surface area contributed by atoms with Crippen molar-refractivity contribution >= 4 is 17.6 Å². The van der Waals surface area contributed by atoms with Gasteiger partial charge in [0.15, 0.2) is 6.10 Å². The lowest BCUT2D eigenvalue weighted by atomic mass is 10.2. The van der Waals surface area contributed by atoms with Gasteiger partial charge in [0.05, 0.1) is 0 Å². The Labute approximate surface area is 123 Å². The number of esters is 1. The first-order valence-electron chi connectivity index (χ1n) is 6.56. The number of aryl methyl sites for hydroxylation is 1. The molecule has 0 radical (unpaired) electrons. The molecule has 1 amide bonds. The van der Waals surface area contributed by atoms with Crippen molar-refractivity contribution in [3.63, 3.8) is 0 Å². The normalized spacial score (nSPS) is 11.5. The number of amides is 1. The number of carbonyl (C=O) groups excluding carboxylic acids is 2. The summed E-state index contributed by atoms with van der Waals surface area (Å²) in [6.45, 7) is 3.45. The van der Waals surface area contributed by atoms with Gasteiger partial charge in [0.25, 0.3) is 5.91 Å². The molecule has 0 unspecified atom stereocenters. The number of benzene rings is 1. The first kappa shape index (κ1) is 14.7. The minimum absolute atomic E-state index is 0.174. The summed E-state index contributed by atoms with van der Waals surface area (Å²) in [6.07, 6.45) is 0.591. The van der Waals surface area contributed by atoms with Gasteiger partial charge in [0.1, 0.15) is 5.69 Å². The van der Waals surface area contributed by atoms with Crippen LogP contribution in [0.2, 0.25) is 0 Å². The van der Waals surface area contributed by atoms with Crippen molar-refractivity contribution in [1.82, 2.24) is 4.98 Å². The van der Waals surface area contributed by atoms with E-state index in [9.17, 15) is 9.59 Å². The van der Waals surface area contributed by atoms with Crippen LogP contribution < -0.4 is 5.32 Å². The van der Waals surface area contributed by atoms with E-state index in [0.29, 0.717) is 5.69 Å². The summed E-state index contributed by atoms with van der Waals surface area (Å²) in [5, 5.41) is 2.70. The molecule has 5 nitrogen and oxygen atoms in total. The molecule has 1 atom stereocenters. The average molecular weight is 284 g/mol. The number of pyridine rings is 1. The number of rotatable bonds is 4. The molecule has 21 heavy (non-hydrogen) atoms. The highest BCUT2D eigenvalue weighted by Gasteiger charge is 2.19. The van der Waals surface area contributed by atoms with Gasteiger partial charge in [-0.15, -0.1) is 0 Å². The van der Waals surface area contributed by atoms with Gasteiger partial charge in [-0.25, -0.2) is 9.78 Å². The Bertz CT molecular complexity index is 641. The van der Waals surface area contributed by atoms with Crippen LogP contribution in [0.15, 0.2) is 48.7 Å². The molecule has 0 bridgehead atoms. The van der Waals surface area contributed by atoms with Crippen LogP contribution in [0.5, 0.6) is 0 Å². The van der Waals surface area contributed by atoms with Crippen molar-refractivity contribution in [3.8, 4) is 0 Å². The van der Waals surface area contributed by atoms with E-state index < -0.39 is 12.1 Å². The molecule has 1 heterocycles. The molecule has 0 spiro atoms. The second-order valence-electron chi connectivity index (χ2n) is 4.62. The number of hydrogen-bond donors (Lipinski definition) is 1. The maximum Gasteiger partial charge on any atom is 0.357 e. The van der Waals surface area contributed by atoms with E-state index in [2.05, 4.69) is 10.3 Å². The summed E-state index contributed by atoms with van der Waals surface area (Å²) in [7, 11) is 0. The van der Waals surface area contributed by atoms with Crippen LogP contribution in [-0.2, 0) is 9.53 Å². The highest BCUT2D eigenvalue weighted by molar-refractivity contribution is 5.96. The Balaban J connectivity index is 1.95. The number of aromatic nitrogens is 1. The molecule has 1 aromatic heterocycles. The standard InChI is InChI=1S/C16H16N2O3/c1-11-6-5-7-13(10-11)18-15(19)12(2)21-16(20)14-8-3-4-9-17-14/h3-10,12H,1-2H3,(H,18,19)/t12-/m0/s1. The zero-order valence-electron chi connectivity index (χ0n) is 11.9. The predicted molar refractivity (Wildman–Crippen MR) is 78.9 cm³/mol. The summed E-state index contributed by atoms with van der Waals surface area (Å²) < 4.78 is 5.09. The first-order valence-corrected chi connectivity index (χ1v) is 6.56. The van der Waals surface area contributed by atoms with Crippen LogP contribution in [0.25, 0.3) is 0 Å². The van der Waals surface area contributed by atoms with Gasteiger partial charge in [0.2, 0.25) is 0 Å². The second kappa shape index (κ2) is 6.65. The molecule has 0 aliphatic heterocycles. The van der Waals surface area contributed by atoms with E-state index in [4.69, 9.17) is 4.74 Å². The number of carbonyl (C=O) groups is 2. The Kier molecular flexibility index (Phi) is 4.66. The van der Waals surface area contributed by atoms with E-state index in [0.717, 1.165) is 5.56 Å². The van der Waals surface area contributed by atoms with Crippen molar-refractivity contribution in [2.24, 2.45) is 0 Å². The van der Waals surface area contributed by atoms with Gasteiger partial charge in [-0.1, -0.05) is 18.2 Å².